The van der Waals surface area contributed by atoms with Crippen LogP contribution in [-0.4, -0.2) is 48.7 Å². The van der Waals surface area contributed by atoms with Gasteiger partial charge in [0.1, 0.15) is 5.60 Å². The molecule has 2 unspecified atom stereocenters. The lowest BCUT2D eigenvalue weighted by molar-refractivity contribution is 0.0130. The molecule has 0 aromatic carbocycles. The number of ether oxygens (including phenoxy) is 1. The van der Waals surface area contributed by atoms with E-state index in [9.17, 15) is 13.6 Å². The molecule has 1 saturated heterocycles. The van der Waals surface area contributed by atoms with E-state index in [1.807, 2.05) is 27.7 Å². The lowest BCUT2D eigenvalue weighted by atomic mass is 9.96. The Kier molecular flexibility index (Phi) is 5.52. The molecule has 0 aliphatic carbocycles. The van der Waals surface area contributed by atoms with E-state index in [1.54, 1.807) is 4.90 Å². The highest BCUT2D eigenvalue weighted by Gasteiger charge is 2.30. The van der Waals surface area contributed by atoms with Gasteiger partial charge in [0.2, 0.25) is 0 Å². The summed E-state index contributed by atoms with van der Waals surface area (Å²) in [6.45, 7) is 8.14. The maximum Gasteiger partial charge on any atom is 0.410 e. The molecular weight excluding hydrogens is 254 g/mol. The van der Waals surface area contributed by atoms with Crippen LogP contribution in [0.4, 0.5) is 13.6 Å². The molecule has 1 heterocycles. The van der Waals surface area contributed by atoms with Crippen LogP contribution in [0.15, 0.2) is 0 Å². The summed E-state index contributed by atoms with van der Waals surface area (Å²) in [5, 5.41) is 2.80. The summed E-state index contributed by atoms with van der Waals surface area (Å²) >= 11 is 0. The Labute approximate surface area is 113 Å². The third kappa shape index (κ3) is 6.18. The van der Waals surface area contributed by atoms with Gasteiger partial charge in [-0.1, -0.05) is 6.92 Å². The molecule has 112 valence electrons. The van der Waals surface area contributed by atoms with Crippen molar-refractivity contribution in [2.45, 2.75) is 52.2 Å². The SMILES string of the molecule is CC1CC(NCC(F)F)CN(C(=O)OC(C)(C)C)C1. The van der Waals surface area contributed by atoms with Gasteiger partial charge >= 0.3 is 6.09 Å². The fraction of sp³-hybridized carbons (Fsp3) is 0.923. The van der Waals surface area contributed by atoms with E-state index in [1.165, 1.54) is 0 Å². The molecule has 2 atom stereocenters. The van der Waals surface area contributed by atoms with Crippen LogP contribution in [0.25, 0.3) is 0 Å². The van der Waals surface area contributed by atoms with Crippen molar-refractivity contribution in [3.8, 4) is 0 Å². The third-order valence-corrected chi connectivity index (χ3v) is 2.87. The fourth-order valence-corrected chi connectivity index (χ4v) is 2.23. The Bertz CT molecular complexity index is 306. The number of carbonyl (C=O) groups is 1. The monoisotopic (exact) mass is 278 g/mol. The highest BCUT2D eigenvalue weighted by Crippen LogP contribution is 2.19. The number of hydrogen-bond donors (Lipinski definition) is 1. The molecule has 0 bridgehead atoms. The zero-order valence-corrected chi connectivity index (χ0v) is 12.1. The molecule has 0 saturated carbocycles. The first-order valence-electron chi connectivity index (χ1n) is 6.67. The van der Waals surface area contributed by atoms with Crippen molar-refractivity contribution in [2.24, 2.45) is 5.92 Å². The lowest BCUT2D eigenvalue weighted by Crippen LogP contribution is -2.52. The molecule has 0 spiro atoms. The largest absolute Gasteiger partial charge is 0.444 e. The zero-order valence-electron chi connectivity index (χ0n) is 12.1. The Morgan fingerprint density at radius 2 is 2.05 bits per heavy atom. The maximum absolute atomic E-state index is 12.2. The van der Waals surface area contributed by atoms with Crippen molar-refractivity contribution in [3.63, 3.8) is 0 Å². The van der Waals surface area contributed by atoms with Gasteiger partial charge in [-0.15, -0.1) is 0 Å². The number of carbonyl (C=O) groups excluding carboxylic acids is 1. The van der Waals surface area contributed by atoms with E-state index in [4.69, 9.17) is 4.74 Å². The van der Waals surface area contributed by atoms with E-state index in [2.05, 4.69) is 5.32 Å². The van der Waals surface area contributed by atoms with Crippen molar-refractivity contribution in [3.05, 3.63) is 0 Å². The van der Waals surface area contributed by atoms with Gasteiger partial charge in [-0.2, -0.15) is 0 Å². The molecular formula is C13H24F2N2O2. The van der Waals surface area contributed by atoms with Crippen LogP contribution < -0.4 is 5.32 Å². The van der Waals surface area contributed by atoms with Crippen molar-refractivity contribution in [2.75, 3.05) is 19.6 Å². The highest BCUT2D eigenvalue weighted by atomic mass is 19.3. The molecule has 1 N–H and O–H groups in total. The first-order valence-corrected chi connectivity index (χ1v) is 6.67. The molecule has 6 heteroatoms. The summed E-state index contributed by atoms with van der Waals surface area (Å²) in [6.07, 6.45) is -1.94. The summed E-state index contributed by atoms with van der Waals surface area (Å²) in [5.41, 5.74) is -0.538. The standard InChI is InChI=1S/C13H24F2N2O2/c1-9-5-10(16-6-11(14)15)8-17(7-9)12(18)19-13(2,3)4/h9-11,16H,5-8H2,1-4H3. The van der Waals surface area contributed by atoms with Crippen molar-refractivity contribution >= 4 is 6.09 Å². The smallest absolute Gasteiger partial charge is 0.410 e. The first kappa shape index (κ1) is 16.1. The van der Waals surface area contributed by atoms with Crippen LogP contribution in [-0.2, 0) is 4.74 Å². The topological polar surface area (TPSA) is 41.6 Å². The summed E-state index contributed by atoms with van der Waals surface area (Å²) in [4.78, 5) is 13.6. The molecule has 4 nitrogen and oxygen atoms in total. The zero-order chi connectivity index (χ0) is 14.6. The average molecular weight is 278 g/mol. The van der Waals surface area contributed by atoms with Gasteiger partial charge in [-0.25, -0.2) is 13.6 Å². The summed E-state index contributed by atoms with van der Waals surface area (Å²) in [6, 6.07) is -0.0923. The van der Waals surface area contributed by atoms with Gasteiger partial charge in [0.05, 0.1) is 6.54 Å². The van der Waals surface area contributed by atoms with Crippen molar-refractivity contribution < 1.29 is 18.3 Å². The van der Waals surface area contributed by atoms with Gasteiger partial charge in [0, 0.05) is 19.1 Å². The Hall–Kier alpha value is -0.910. The third-order valence-electron chi connectivity index (χ3n) is 2.87. The average Bonchev–Trinajstić information content (AvgIpc) is 2.23. The Morgan fingerprint density at radius 1 is 1.42 bits per heavy atom. The minimum Gasteiger partial charge on any atom is -0.444 e. The highest BCUT2D eigenvalue weighted by molar-refractivity contribution is 5.68. The molecule has 0 aromatic heterocycles. The molecule has 0 radical (unpaired) electrons. The van der Waals surface area contributed by atoms with Crippen LogP contribution in [0.2, 0.25) is 0 Å². The quantitative estimate of drug-likeness (QED) is 0.862. The minimum absolute atomic E-state index is 0.0923. The predicted octanol–water partition coefficient (Wildman–Crippen LogP) is 2.49. The predicted molar refractivity (Wildman–Crippen MR) is 69.4 cm³/mol. The summed E-state index contributed by atoms with van der Waals surface area (Å²) in [7, 11) is 0. The number of hydrogen-bond acceptors (Lipinski definition) is 3. The van der Waals surface area contributed by atoms with Crippen molar-refractivity contribution in [1.29, 1.82) is 0 Å². The van der Waals surface area contributed by atoms with E-state index in [-0.39, 0.29) is 24.6 Å². The molecule has 1 fully saturated rings. The summed E-state index contributed by atoms with van der Waals surface area (Å²) in [5.74, 6) is 0.274. The number of amides is 1. The molecule has 0 aromatic rings. The number of piperidine rings is 1. The molecule has 1 rings (SSSR count). The van der Waals surface area contributed by atoms with Crippen molar-refractivity contribution in [1.82, 2.24) is 10.2 Å². The van der Waals surface area contributed by atoms with Gasteiger partial charge in [0.15, 0.2) is 0 Å². The van der Waals surface area contributed by atoms with E-state index >= 15 is 0 Å². The number of alkyl halides is 2. The molecule has 19 heavy (non-hydrogen) atoms. The van der Waals surface area contributed by atoms with E-state index in [0.717, 1.165) is 6.42 Å². The van der Waals surface area contributed by atoms with Gasteiger partial charge < -0.3 is 15.0 Å². The minimum atomic E-state index is -2.37. The molecule has 1 amide bonds. The van der Waals surface area contributed by atoms with Crippen LogP contribution in [0, 0.1) is 5.92 Å². The first-order chi connectivity index (χ1) is 8.67. The van der Waals surface area contributed by atoms with E-state index < -0.39 is 12.0 Å². The Balaban J connectivity index is 2.52. The molecule has 1 aliphatic rings. The summed E-state index contributed by atoms with van der Waals surface area (Å²) < 4.78 is 29.7. The van der Waals surface area contributed by atoms with Crippen LogP contribution >= 0.6 is 0 Å². The van der Waals surface area contributed by atoms with Crippen LogP contribution in [0.1, 0.15) is 34.1 Å². The Morgan fingerprint density at radius 3 is 2.58 bits per heavy atom. The fourth-order valence-electron chi connectivity index (χ4n) is 2.23. The lowest BCUT2D eigenvalue weighted by Gasteiger charge is -2.37. The normalized spacial score (nSPS) is 24.7. The second-order valence-corrected chi connectivity index (χ2v) is 6.22. The number of nitrogens with one attached hydrogen (secondary N) is 1. The second kappa shape index (κ2) is 6.50. The van der Waals surface area contributed by atoms with Crippen LogP contribution in [0.5, 0.6) is 0 Å². The van der Waals surface area contributed by atoms with Gasteiger partial charge in [-0.05, 0) is 33.1 Å². The number of nitrogens with zero attached hydrogens (tertiary/aromatic N) is 1. The number of rotatable bonds is 3. The molecule has 1 aliphatic heterocycles. The van der Waals surface area contributed by atoms with E-state index in [0.29, 0.717) is 13.1 Å². The number of halogens is 2. The van der Waals surface area contributed by atoms with Gasteiger partial charge in [0.25, 0.3) is 6.43 Å². The van der Waals surface area contributed by atoms with Gasteiger partial charge in [-0.3, -0.25) is 0 Å². The van der Waals surface area contributed by atoms with Crippen LogP contribution in [0.3, 0.4) is 0 Å². The number of likely N-dealkylation sites (tertiary alicyclic amines) is 1. The second-order valence-electron chi connectivity index (χ2n) is 6.22. The maximum atomic E-state index is 12.2.